The lowest BCUT2D eigenvalue weighted by atomic mass is 10.2. The van der Waals surface area contributed by atoms with Gasteiger partial charge in [-0.2, -0.15) is 11.8 Å². The molecule has 0 radical (unpaired) electrons. The van der Waals surface area contributed by atoms with Crippen LogP contribution in [0.15, 0.2) is 24.4 Å². The highest BCUT2D eigenvalue weighted by molar-refractivity contribution is 7.98. The summed E-state index contributed by atoms with van der Waals surface area (Å²) in [6, 6.07) is 5.33. The van der Waals surface area contributed by atoms with Crippen molar-refractivity contribution in [3.63, 3.8) is 0 Å². The quantitative estimate of drug-likeness (QED) is 0.920. The molecule has 21 heavy (non-hydrogen) atoms. The van der Waals surface area contributed by atoms with E-state index < -0.39 is 0 Å². The fraction of sp³-hybridized carbons (Fsp3) is 0.286. The molecule has 2 aliphatic heterocycles. The molecule has 0 saturated heterocycles. The SMILES string of the molecule is O=C(Nc1ccc2c(c1)OCO2)c1cn2c(n1)CSCC2. The minimum absolute atomic E-state index is 0.208. The Labute approximate surface area is 125 Å². The van der Waals surface area contributed by atoms with Gasteiger partial charge in [0.2, 0.25) is 6.79 Å². The van der Waals surface area contributed by atoms with E-state index in [-0.39, 0.29) is 12.7 Å². The van der Waals surface area contributed by atoms with Crippen molar-refractivity contribution < 1.29 is 14.3 Å². The van der Waals surface area contributed by atoms with Gasteiger partial charge in [-0.05, 0) is 12.1 Å². The molecule has 1 N–H and O–H groups in total. The van der Waals surface area contributed by atoms with Crippen LogP contribution in [0.5, 0.6) is 11.5 Å². The van der Waals surface area contributed by atoms with Gasteiger partial charge in [0.15, 0.2) is 11.5 Å². The lowest BCUT2D eigenvalue weighted by Crippen LogP contribution is -2.12. The zero-order valence-electron chi connectivity index (χ0n) is 11.2. The van der Waals surface area contributed by atoms with E-state index in [2.05, 4.69) is 10.3 Å². The Bertz CT molecular complexity index is 690. The summed E-state index contributed by atoms with van der Waals surface area (Å²) in [5.74, 6) is 4.02. The summed E-state index contributed by atoms with van der Waals surface area (Å²) in [5, 5.41) is 2.84. The number of anilines is 1. The van der Waals surface area contributed by atoms with Gasteiger partial charge in [-0.15, -0.1) is 0 Å². The van der Waals surface area contributed by atoms with Crippen LogP contribution < -0.4 is 14.8 Å². The summed E-state index contributed by atoms with van der Waals surface area (Å²) >= 11 is 1.83. The number of nitrogens with one attached hydrogen (secondary N) is 1. The number of hydrogen-bond donors (Lipinski definition) is 1. The topological polar surface area (TPSA) is 65.4 Å². The van der Waals surface area contributed by atoms with Gasteiger partial charge in [-0.25, -0.2) is 4.98 Å². The monoisotopic (exact) mass is 303 g/mol. The van der Waals surface area contributed by atoms with Gasteiger partial charge < -0.3 is 19.4 Å². The third-order valence-corrected chi connectivity index (χ3v) is 4.36. The number of benzene rings is 1. The number of hydrogen-bond acceptors (Lipinski definition) is 5. The first-order valence-corrected chi connectivity index (χ1v) is 7.80. The zero-order chi connectivity index (χ0) is 14.2. The number of aryl methyl sites for hydroxylation is 1. The van der Waals surface area contributed by atoms with Gasteiger partial charge in [0.05, 0.1) is 5.75 Å². The van der Waals surface area contributed by atoms with Crippen molar-refractivity contribution >= 4 is 23.4 Å². The molecular weight excluding hydrogens is 290 g/mol. The van der Waals surface area contributed by atoms with Gasteiger partial charge in [-0.1, -0.05) is 0 Å². The molecule has 0 bridgehead atoms. The fourth-order valence-electron chi connectivity index (χ4n) is 2.37. The molecule has 0 unspecified atom stereocenters. The lowest BCUT2D eigenvalue weighted by Gasteiger charge is -2.11. The second-order valence-corrected chi connectivity index (χ2v) is 5.92. The van der Waals surface area contributed by atoms with Gasteiger partial charge in [0.25, 0.3) is 5.91 Å². The predicted molar refractivity (Wildman–Crippen MR) is 78.9 cm³/mol. The number of thioether (sulfide) groups is 1. The minimum atomic E-state index is -0.208. The number of rotatable bonds is 2. The highest BCUT2D eigenvalue weighted by Gasteiger charge is 2.18. The molecule has 7 heteroatoms. The van der Waals surface area contributed by atoms with Crippen LogP contribution >= 0.6 is 11.8 Å². The van der Waals surface area contributed by atoms with Crippen molar-refractivity contribution in [3.05, 3.63) is 35.9 Å². The molecule has 0 aliphatic carbocycles. The molecular formula is C14H13N3O3S. The van der Waals surface area contributed by atoms with Crippen molar-refractivity contribution in [1.29, 1.82) is 0 Å². The van der Waals surface area contributed by atoms with Crippen molar-refractivity contribution in [2.75, 3.05) is 17.9 Å². The van der Waals surface area contributed by atoms with E-state index in [1.54, 1.807) is 18.2 Å². The summed E-state index contributed by atoms with van der Waals surface area (Å²) in [5.41, 5.74) is 1.12. The second kappa shape index (κ2) is 5.00. The highest BCUT2D eigenvalue weighted by atomic mass is 32.2. The predicted octanol–water partition coefficient (Wildman–Crippen LogP) is 2.11. The Balaban J connectivity index is 1.54. The lowest BCUT2D eigenvalue weighted by molar-refractivity contribution is 0.102. The van der Waals surface area contributed by atoms with E-state index in [1.807, 2.05) is 22.5 Å². The number of carbonyl (C=O) groups excluding carboxylic acids is 1. The molecule has 2 aliphatic rings. The summed E-state index contributed by atoms with van der Waals surface area (Å²) in [7, 11) is 0. The Morgan fingerprint density at radius 3 is 3.14 bits per heavy atom. The van der Waals surface area contributed by atoms with Crippen molar-refractivity contribution in [2.45, 2.75) is 12.3 Å². The molecule has 2 aromatic rings. The van der Waals surface area contributed by atoms with Gasteiger partial charge in [0.1, 0.15) is 11.5 Å². The van der Waals surface area contributed by atoms with Gasteiger partial charge in [0, 0.05) is 30.2 Å². The molecule has 1 aromatic heterocycles. The van der Waals surface area contributed by atoms with Crippen molar-refractivity contribution in [3.8, 4) is 11.5 Å². The third kappa shape index (κ3) is 2.33. The smallest absolute Gasteiger partial charge is 0.275 e. The number of carbonyl (C=O) groups is 1. The van der Waals surface area contributed by atoms with E-state index in [9.17, 15) is 4.79 Å². The summed E-state index contributed by atoms with van der Waals surface area (Å²) < 4.78 is 12.6. The first-order valence-electron chi connectivity index (χ1n) is 6.64. The number of ether oxygens (including phenoxy) is 2. The molecule has 0 atom stereocenters. The van der Waals surface area contributed by atoms with Crippen molar-refractivity contribution in [2.24, 2.45) is 0 Å². The molecule has 1 aromatic carbocycles. The van der Waals surface area contributed by atoms with Crippen LogP contribution in [-0.4, -0.2) is 28.0 Å². The Morgan fingerprint density at radius 1 is 1.33 bits per heavy atom. The Kier molecular flexibility index (Phi) is 2.99. The third-order valence-electron chi connectivity index (χ3n) is 3.43. The van der Waals surface area contributed by atoms with Crippen LogP contribution in [0.3, 0.4) is 0 Å². The number of fused-ring (bicyclic) bond motifs is 2. The average Bonchev–Trinajstić information content (AvgIpc) is 3.13. The first kappa shape index (κ1) is 12.6. The maximum Gasteiger partial charge on any atom is 0.275 e. The standard InChI is InChI=1S/C14H13N3O3S/c18-14(10-6-17-3-4-21-7-13(17)16-10)15-9-1-2-11-12(5-9)20-8-19-11/h1-2,5-6H,3-4,7-8H2,(H,15,18). The molecule has 4 rings (SSSR count). The maximum absolute atomic E-state index is 12.3. The van der Waals surface area contributed by atoms with Crippen LogP contribution in [-0.2, 0) is 12.3 Å². The van der Waals surface area contributed by atoms with E-state index >= 15 is 0 Å². The summed E-state index contributed by atoms with van der Waals surface area (Å²) in [6.07, 6.45) is 1.82. The fourth-order valence-corrected chi connectivity index (χ4v) is 3.25. The molecule has 108 valence electrons. The maximum atomic E-state index is 12.3. The van der Waals surface area contributed by atoms with E-state index in [0.29, 0.717) is 22.9 Å². The van der Waals surface area contributed by atoms with Crippen LogP contribution in [0.2, 0.25) is 0 Å². The first-order chi connectivity index (χ1) is 10.3. The van der Waals surface area contributed by atoms with Gasteiger partial charge >= 0.3 is 0 Å². The molecule has 0 fully saturated rings. The number of nitrogens with zero attached hydrogens (tertiary/aromatic N) is 2. The van der Waals surface area contributed by atoms with Crippen LogP contribution in [0, 0.1) is 0 Å². The van der Waals surface area contributed by atoms with E-state index in [0.717, 1.165) is 23.9 Å². The summed E-state index contributed by atoms with van der Waals surface area (Å²) in [6.45, 7) is 1.13. The number of amides is 1. The van der Waals surface area contributed by atoms with Crippen LogP contribution in [0.25, 0.3) is 0 Å². The van der Waals surface area contributed by atoms with Crippen molar-refractivity contribution in [1.82, 2.24) is 9.55 Å². The molecule has 3 heterocycles. The number of aromatic nitrogens is 2. The molecule has 0 saturated carbocycles. The molecule has 0 spiro atoms. The van der Waals surface area contributed by atoms with Gasteiger partial charge in [-0.3, -0.25) is 4.79 Å². The number of imidazole rings is 1. The molecule has 6 nitrogen and oxygen atoms in total. The summed E-state index contributed by atoms with van der Waals surface area (Å²) in [4.78, 5) is 16.7. The minimum Gasteiger partial charge on any atom is -0.454 e. The zero-order valence-corrected chi connectivity index (χ0v) is 12.0. The Morgan fingerprint density at radius 2 is 2.24 bits per heavy atom. The van der Waals surface area contributed by atoms with Crippen LogP contribution in [0.1, 0.15) is 16.3 Å². The second-order valence-electron chi connectivity index (χ2n) is 4.81. The van der Waals surface area contributed by atoms with Crippen LogP contribution in [0.4, 0.5) is 5.69 Å². The highest BCUT2D eigenvalue weighted by Crippen LogP contribution is 2.34. The van der Waals surface area contributed by atoms with E-state index in [4.69, 9.17) is 9.47 Å². The van der Waals surface area contributed by atoms with E-state index in [1.165, 1.54) is 0 Å². The normalized spacial score (nSPS) is 15.6. The Hall–Kier alpha value is -2.15. The largest absolute Gasteiger partial charge is 0.454 e. The molecule has 1 amide bonds. The average molecular weight is 303 g/mol.